The number of benzene rings is 1. The molecule has 3 N–H and O–H groups in total. The van der Waals surface area contributed by atoms with Crippen LogP contribution in [0.3, 0.4) is 0 Å². The summed E-state index contributed by atoms with van der Waals surface area (Å²) in [5.74, 6) is -0.232. The lowest BCUT2D eigenvalue weighted by Crippen LogP contribution is -2.24. The smallest absolute Gasteiger partial charge is 0.384 e. The normalized spacial score (nSPS) is 12.5. The standard InChI is InChI=1S/C17H16F3N3O3S2/c1-10(24)11-4-3-5-12(8-11)23-28(25,26)16-7-6-14(27-16)13(21)9-15(22-2)17(18,19)20/h3-9,21-23H,1-2H3/b15-9-,21-13?. The van der Waals surface area contributed by atoms with Crippen LogP contribution in [-0.4, -0.2) is 33.1 Å². The first kappa shape index (κ1) is 21.6. The second-order valence-electron chi connectivity index (χ2n) is 5.58. The summed E-state index contributed by atoms with van der Waals surface area (Å²) in [5, 5.41) is 9.77. The average Bonchev–Trinajstić information content (AvgIpc) is 3.09. The number of thiophene rings is 1. The number of sulfonamides is 1. The monoisotopic (exact) mass is 431 g/mol. The summed E-state index contributed by atoms with van der Waals surface area (Å²) in [7, 11) is -2.95. The Labute approximate surface area is 163 Å². The fourth-order valence-electron chi connectivity index (χ4n) is 2.13. The minimum absolute atomic E-state index is 0.0508. The summed E-state index contributed by atoms with van der Waals surface area (Å²) in [6.07, 6.45) is -4.07. The third-order valence-electron chi connectivity index (χ3n) is 3.50. The molecular formula is C17H16F3N3O3S2. The van der Waals surface area contributed by atoms with Crippen molar-refractivity contribution in [2.24, 2.45) is 0 Å². The number of hydrogen-bond donors (Lipinski definition) is 3. The Morgan fingerprint density at radius 1 is 1.21 bits per heavy atom. The van der Waals surface area contributed by atoms with E-state index >= 15 is 0 Å². The predicted molar refractivity (Wildman–Crippen MR) is 102 cm³/mol. The summed E-state index contributed by atoms with van der Waals surface area (Å²) in [6.45, 7) is 1.35. The zero-order chi connectivity index (χ0) is 21.1. The van der Waals surface area contributed by atoms with Crippen molar-refractivity contribution >= 4 is 38.5 Å². The van der Waals surface area contributed by atoms with Crippen LogP contribution in [0.25, 0.3) is 0 Å². The second kappa shape index (κ2) is 8.15. The highest BCUT2D eigenvalue weighted by Crippen LogP contribution is 2.27. The number of carbonyl (C=O) groups excluding carboxylic acids is 1. The fraction of sp³-hybridized carbons (Fsp3) is 0.176. The first-order valence-electron chi connectivity index (χ1n) is 7.73. The maximum atomic E-state index is 12.8. The molecule has 0 fully saturated rings. The van der Waals surface area contributed by atoms with Crippen molar-refractivity contribution in [1.29, 1.82) is 5.41 Å². The van der Waals surface area contributed by atoms with Crippen LogP contribution in [0.2, 0.25) is 0 Å². The van der Waals surface area contributed by atoms with Crippen LogP contribution in [0.15, 0.2) is 52.4 Å². The molecule has 0 radical (unpaired) electrons. The SMILES string of the molecule is CN/C(=C\C(=N)c1ccc(S(=O)(=O)Nc2cccc(C(C)=O)c2)s1)C(F)(F)F. The molecule has 150 valence electrons. The van der Waals surface area contributed by atoms with Crippen molar-refractivity contribution in [3.05, 3.63) is 58.6 Å². The number of nitrogens with one attached hydrogen (secondary N) is 3. The van der Waals surface area contributed by atoms with Crippen LogP contribution in [0, 0.1) is 5.41 Å². The zero-order valence-corrected chi connectivity index (χ0v) is 16.3. The van der Waals surface area contributed by atoms with E-state index < -0.39 is 27.6 Å². The molecule has 0 amide bonds. The van der Waals surface area contributed by atoms with Crippen LogP contribution in [0.5, 0.6) is 0 Å². The molecule has 2 rings (SSSR count). The van der Waals surface area contributed by atoms with E-state index in [1.807, 2.05) is 5.32 Å². The van der Waals surface area contributed by atoms with E-state index in [0.717, 1.165) is 7.05 Å². The summed E-state index contributed by atoms with van der Waals surface area (Å²) in [5.41, 5.74) is -1.10. The Morgan fingerprint density at radius 2 is 1.89 bits per heavy atom. The van der Waals surface area contributed by atoms with Gasteiger partial charge >= 0.3 is 6.18 Å². The zero-order valence-electron chi connectivity index (χ0n) is 14.7. The van der Waals surface area contributed by atoms with E-state index in [1.165, 1.54) is 43.3 Å². The number of ketones is 1. The van der Waals surface area contributed by atoms with Crippen molar-refractivity contribution in [3.8, 4) is 0 Å². The Balaban J connectivity index is 2.27. The predicted octanol–water partition coefficient (Wildman–Crippen LogP) is 3.78. The average molecular weight is 431 g/mol. The fourth-order valence-corrected chi connectivity index (χ4v) is 4.40. The Kier molecular flexibility index (Phi) is 6.30. The number of rotatable bonds is 7. The van der Waals surface area contributed by atoms with Crippen molar-refractivity contribution in [2.75, 3.05) is 11.8 Å². The number of allylic oxidation sites excluding steroid dienone is 2. The summed E-state index contributed by atoms with van der Waals surface area (Å²) >= 11 is 0.659. The van der Waals surface area contributed by atoms with Gasteiger partial charge in [-0.25, -0.2) is 8.42 Å². The molecule has 0 aliphatic carbocycles. The van der Waals surface area contributed by atoms with Gasteiger partial charge in [0.1, 0.15) is 9.91 Å². The van der Waals surface area contributed by atoms with Crippen LogP contribution in [0.1, 0.15) is 22.2 Å². The highest BCUT2D eigenvalue weighted by Gasteiger charge is 2.33. The molecule has 0 spiro atoms. The molecule has 28 heavy (non-hydrogen) atoms. The van der Waals surface area contributed by atoms with Crippen molar-refractivity contribution in [3.63, 3.8) is 0 Å². The van der Waals surface area contributed by atoms with Gasteiger partial charge in [0.2, 0.25) is 0 Å². The van der Waals surface area contributed by atoms with Gasteiger partial charge in [0.05, 0.1) is 10.6 Å². The molecule has 6 nitrogen and oxygen atoms in total. The molecule has 2 aromatic rings. The van der Waals surface area contributed by atoms with Crippen molar-refractivity contribution in [1.82, 2.24) is 5.32 Å². The minimum atomic E-state index is -4.66. The van der Waals surface area contributed by atoms with E-state index in [-0.39, 0.29) is 20.6 Å². The lowest BCUT2D eigenvalue weighted by molar-refractivity contribution is -0.0958. The molecule has 1 heterocycles. The number of hydrogen-bond acceptors (Lipinski definition) is 6. The maximum absolute atomic E-state index is 12.8. The molecule has 0 saturated carbocycles. The van der Waals surface area contributed by atoms with Gasteiger partial charge < -0.3 is 5.32 Å². The lowest BCUT2D eigenvalue weighted by Gasteiger charge is -2.10. The van der Waals surface area contributed by atoms with Gasteiger partial charge in [-0.2, -0.15) is 13.2 Å². The summed E-state index contributed by atoms with van der Waals surface area (Å²) < 4.78 is 65.4. The van der Waals surface area contributed by atoms with Crippen molar-refractivity contribution in [2.45, 2.75) is 17.3 Å². The molecule has 11 heteroatoms. The van der Waals surface area contributed by atoms with Gasteiger partial charge in [-0.1, -0.05) is 12.1 Å². The molecule has 0 aliphatic rings. The Bertz CT molecular complexity index is 1040. The second-order valence-corrected chi connectivity index (χ2v) is 8.57. The molecule has 0 bridgehead atoms. The Morgan fingerprint density at radius 3 is 2.46 bits per heavy atom. The van der Waals surface area contributed by atoms with Gasteiger partial charge in [0, 0.05) is 18.3 Å². The maximum Gasteiger partial charge on any atom is 0.430 e. The molecule has 0 atom stereocenters. The molecule has 1 aromatic heterocycles. The highest BCUT2D eigenvalue weighted by molar-refractivity contribution is 7.94. The number of Topliss-reactive ketones (excluding diaryl/α,β-unsaturated/α-hetero) is 1. The van der Waals surface area contributed by atoms with Crippen LogP contribution < -0.4 is 10.0 Å². The number of alkyl halides is 3. The van der Waals surface area contributed by atoms with E-state index in [4.69, 9.17) is 5.41 Å². The third kappa shape index (κ3) is 5.20. The highest BCUT2D eigenvalue weighted by atomic mass is 32.2. The van der Waals surface area contributed by atoms with E-state index in [2.05, 4.69) is 4.72 Å². The van der Waals surface area contributed by atoms with Crippen LogP contribution in [-0.2, 0) is 10.0 Å². The Hall–Kier alpha value is -2.66. The third-order valence-corrected chi connectivity index (χ3v) is 6.49. The molecular weight excluding hydrogens is 415 g/mol. The first-order chi connectivity index (χ1) is 12.9. The molecule has 1 aromatic carbocycles. The molecule has 0 aliphatic heterocycles. The van der Waals surface area contributed by atoms with Crippen LogP contribution >= 0.6 is 11.3 Å². The number of halogens is 3. The van der Waals surface area contributed by atoms with Gasteiger partial charge in [0.15, 0.2) is 5.78 Å². The van der Waals surface area contributed by atoms with E-state index in [9.17, 15) is 26.4 Å². The quantitative estimate of drug-likeness (QED) is 0.459. The molecule has 0 unspecified atom stereocenters. The van der Waals surface area contributed by atoms with Gasteiger partial charge in [-0.15, -0.1) is 11.3 Å². The first-order valence-corrected chi connectivity index (χ1v) is 10.0. The van der Waals surface area contributed by atoms with Gasteiger partial charge in [-0.3, -0.25) is 14.9 Å². The van der Waals surface area contributed by atoms with Gasteiger partial charge in [-0.05, 0) is 37.3 Å². The lowest BCUT2D eigenvalue weighted by atomic mass is 10.1. The van der Waals surface area contributed by atoms with E-state index in [0.29, 0.717) is 23.0 Å². The molecule has 0 saturated heterocycles. The topological polar surface area (TPSA) is 99.1 Å². The van der Waals surface area contributed by atoms with Gasteiger partial charge in [0.25, 0.3) is 10.0 Å². The van der Waals surface area contributed by atoms with Crippen LogP contribution in [0.4, 0.5) is 18.9 Å². The van der Waals surface area contributed by atoms with Crippen molar-refractivity contribution < 1.29 is 26.4 Å². The largest absolute Gasteiger partial charge is 0.430 e. The summed E-state index contributed by atoms with van der Waals surface area (Å²) in [4.78, 5) is 11.5. The minimum Gasteiger partial charge on any atom is -0.384 e. The summed E-state index contributed by atoms with van der Waals surface area (Å²) in [6, 6.07) is 8.36. The van der Waals surface area contributed by atoms with E-state index in [1.54, 1.807) is 0 Å². The number of anilines is 1. The number of carbonyl (C=O) groups is 1.